The number of nitro groups is 1. The predicted molar refractivity (Wildman–Crippen MR) is 76.6 cm³/mol. The lowest BCUT2D eigenvalue weighted by Crippen LogP contribution is -2.19. The number of hydrogen-bond donors (Lipinski definition) is 1. The second-order valence-electron chi connectivity index (χ2n) is 4.06. The topological polar surface area (TPSA) is 81.5 Å². The van der Waals surface area contributed by atoms with Crippen molar-refractivity contribution in [3.05, 3.63) is 40.0 Å². The van der Waals surface area contributed by atoms with Crippen molar-refractivity contribution in [2.75, 3.05) is 13.2 Å². The zero-order valence-corrected chi connectivity index (χ0v) is 11.6. The van der Waals surface area contributed by atoms with Crippen LogP contribution in [0, 0.1) is 10.1 Å². The van der Waals surface area contributed by atoms with Crippen molar-refractivity contribution in [2.45, 2.75) is 20.3 Å². The molecule has 0 spiro atoms. The van der Waals surface area contributed by atoms with Crippen molar-refractivity contribution in [1.29, 1.82) is 0 Å². The zero-order chi connectivity index (χ0) is 15.0. The van der Waals surface area contributed by atoms with E-state index in [1.54, 1.807) is 12.1 Å². The molecule has 20 heavy (non-hydrogen) atoms. The number of ether oxygens (including phenoxy) is 1. The van der Waals surface area contributed by atoms with Gasteiger partial charge in [-0.2, -0.15) is 0 Å². The Hall–Kier alpha value is -2.37. The largest absolute Gasteiger partial charge is 0.487 e. The van der Waals surface area contributed by atoms with Crippen LogP contribution in [0.5, 0.6) is 5.75 Å². The summed E-state index contributed by atoms with van der Waals surface area (Å²) in [5.74, 6) is 0.00784. The van der Waals surface area contributed by atoms with Gasteiger partial charge in [0.2, 0.25) is 5.91 Å². The molecule has 1 rings (SSSR count). The maximum Gasteiger partial charge on any atom is 0.311 e. The Morgan fingerprint density at radius 3 is 2.80 bits per heavy atom. The number of nitrogens with one attached hydrogen (secondary N) is 1. The van der Waals surface area contributed by atoms with E-state index in [9.17, 15) is 14.9 Å². The minimum atomic E-state index is -0.492. The zero-order valence-electron chi connectivity index (χ0n) is 11.6. The van der Waals surface area contributed by atoms with Crippen LogP contribution in [0.15, 0.2) is 24.3 Å². The highest BCUT2D eigenvalue weighted by atomic mass is 16.6. The highest BCUT2D eigenvalue weighted by Crippen LogP contribution is 2.28. The number of benzene rings is 1. The van der Waals surface area contributed by atoms with E-state index in [0.717, 1.165) is 6.42 Å². The van der Waals surface area contributed by atoms with Crippen LogP contribution in [-0.4, -0.2) is 24.0 Å². The fourth-order valence-electron chi connectivity index (χ4n) is 1.52. The lowest BCUT2D eigenvalue weighted by Gasteiger charge is -2.05. The second kappa shape index (κ2) is 7.93. The van der Waals surface area contributed by atoms with Gasteiger partial charge in [0.15, 0.2) is 5.75 Å². The Morgan fingerprint density at radius 1 is 1.45 bits per heavy atom. The van der Waals surface area contributed by atoms with Gasteiger partial charge >= 0.3 is 5.69 Å². The molecule has 0 unspecified atom stereocenters. The highest BCUT2D eigenvalue weighted by Gasteiger charge is 2.15. The number of hydrogen-bond acceptors (Lipinski definition) is 4. The van der Waals surface area contributed by atoms with E-state index in [1.165, 1.54) is 18.2 Å². The number of amides is 1. The van der Waals surface area contributed by atoms with Crippen LogP contribution in [0.2, 0.25) is 0 Å². The molecule has 0 heterocycles. The van der Waals surface area contributed by atoms with Crippen LogP contribution in [-0.2, 0) is 4.79 Å². The molecule has 0 saturated carbocycles. The van der Waals surface area contributed by atoms with E-state index in [2.05, 4.69) is 5.32 Å². The van der Waals surface area contributed by atoms with E-state index in [-0.39, 0.29) is 17.3 Å². The lowest BCUT2D eigenvalue weighted by molar-refractivity contribution is -0.385. The molecule has 6 heteroatoms. The summed E-state index contributed by atoms with van der Waals surface area (Å²) >= 11 is 0. The molecule has 1 aromatic carbocycles. The number of carbonyl (C=O) groups is 1. The first kappa shape index (κ1) is 15.7. The van der Waals surface area contributed by atoms with Gasteiger partial charge in [0, 0.05) is 18.7 Å². The molecule has 0 fully saturated rings. The standard InChI is InChI=1S/C14H18N2O4/c1-3-9-20-13-7-5-11(10-12(13)16(18)19)6-8-14(17)15-4-2/h5-8,10H,3-4,9H2,1-2H3,(H,15,17)/b8-6+. The van der Waals surface area contributed by atoms with Crippen molar-refractivity contribution in [3.63, 3.8) is 0 Å². The number of nitro benzene ring substituents is 1. The third-order valence-electron chi connectivity index (χ3n) is 2.42. The first-order valence-corrected chi connectivity index (χ1v) is 6.45. The average molecular weight is 278 g/mol. The Kier molecular flexibility index (Phi) is 6.22. The monoisotopic (exact) mass is 278 g/mol. The van der Waals surface area contributed by atoms with Crippen LogP contribution in [0.3, 0.4) is 0 Å². The minimum Gasteiger partial charge on any atom is -0.487 e. The molecule has 0 aliphatic heterocycles. The third kappa shape index (κ3) is 4.72. The molecule has 0 aliphatic rings. The Balaban J connectivity index is 2.92. The van der Waals surface area contributed by atoms with E-state index < -0.39 is 4.92 Å². The smallest absolute Gasteiger partial charge is 0.311 e. The summed E-state index contributed by atoms with van der Waals surface area (Å²) in [5.41, 5.74) is 0.475. The molecule has 0 atom stereocenters. The molecule has 0 radical (unpaired) electrons. The van der Waals surface area contributed by atoms with E-state index in [0.29, 0.717) is 18.7 Å². The number of carbonyl (C=O) groups excluding carboxylic acids is 1. The summed E-state index contributed by atoms with van der Waals surface area (Å²) in [6, 6.07) is 4.61. The predicted octanol–water partition coefficient (Wildman–Crippen LogP) is 2.53. The number of nitrogens with zero attached hydrogens (tertiary/aromatic N) is 1. The lowest BCUT2D eigenvalue weighted by atomic mass is 10.1. The molecule has 6 nitrogen and oxygen atoms in total. The van der Waals surface area contributed by atoms with Gasteiger partial charge in [-0.25, -0.2) is 0 Å². The normalized spacial score (nSPS) is 10.5. The molecular formula is C14H18N2O4. The molecule has 108 valence electrons. The van der Waals surface area contributed by atoms with Crippen molar-refractivity contribution in [1.82, 2.24) is 5.32 Å². The van der Waals surface area contributed by atoms with E-state index in [4.69, 9.17) is 4.74 Å². The average Bonchev–Trinajstić information content (AvgIpc) is 2.43. The molecule has 0 bridgehead atoms. The van der Waals surface area contributed by atoms with Gasteiger partial charge in [-0.1, -0.05) is 13.0 Å². The summed E-state index contributed by atoms with van der Waals surface area (Å²) < 4.78 is 5.32. The molecule has 1 amide bonds. The molecule has 1 aromatic rings. The summed E-state index contributed by atoms with van der Waals surface area (Å²) in [5, 5.41) is 13.6. The van der Waals surface area contributed by atoms with E-state index >= 15 is 0 Å². The van der Waals surface area contributed by atoms with Crippen molar-refractivity contribution < 1.29 is 14.5 Å². The molecule has 0 aliphatic carbocycles. The maximum absolute atomic E-state index is 11.3. The molecule has 0 aromatic heterocycles. The van der Waals surface area contributed by atoms with Gasteiger partial charge in [-0.05, 0) is 31.1 Å². The van der Waals surface area contributed by atoms with Gasteiger partial charge in [-0.15, -0.1) is 0 Å². The molecule has 1 N–H and O–H groups in total. The van der Waals surface area contributed by atoms with Gasteiger partial charge in [0.25, 0.3) is 0 Å². The SMILES string of the molecule is CCCOc1ccc(/C=C/C(=O)NCC)cc1[N+](=O)[O-]. The van der Waals surface area contributed by atoms with Crippen LogP contribution >= 0.6 is 0 Å². The summed E-state index contributed by atoms with van der Waals surface area (Å²) in [7, 11) is 0. The van der Waals surface area contributed by atoms with Gasteiger partial charge < -0.3 is 10.1 Å². The Labute approximate surface area is 117 Å². The van der Waals surface area contributed by atoms with Crippen LogP contribution in [0.25, 0.3) is 6.08 Å². The van der Waals surface area contributed by atoms with Crippen molar-refractivity contribution in [3.8, 4) is 5.75 Å². The minimum absolute atomic E-state index is 0.100. The number of rotatable bonds is 7. The Bertz CT molecular complexity index is 512. The molecular weight excluding hydrogens is 260 g/mol. The second-order valence-corrected chi connectivity index (χ2v) is 4.06. The summed E-state index contributed by atoms with van der Waals surface area (Å²) in [6.07, 6.45) is 3.65. The fraction of sp³-hybridized carbons (Fsp3) is 0.357. The van der Waals surface area contributed by atoms with Gasteiger partial charge in [0.1, 0.15) is 0 Å². The van der Waals surface area contributed by atoms with E-state index in [1.807, 2.05) is 13.8 Å². The van der Waals surface area contributed by atoms with Crippen molar-refractivity contribution in [2.24, 2.45) is 0 Å². The van der Waals surface area contributed by atoms with Crippen molar-refractivity contribution >= 4 is 17.7 Å². The molecule has 0 saturated heterocycles. The van der Waals surface area contributed by atoms with Crippen LogP contribution < -0.4 is 10.1 Å². The highest BCUT2D eigenvalue weighted by molar-refractivity contribution is 5.91. The van der Waals surface area contributed by atoms with Crippen LogP contribution in [0.1, 0.15) is 25.8 Å². The van der Waals surface area contributed by atoms with Gasteiger partial charge in [0.05, 0.1) is 11.5 Å². The quantitative estimate of drug-likeness (QED) is 0.472. The summed E-state index contributed by atoms with van der Waals surface area (Å²) in [6.45, 7) is 4.70. The number of likely N-dealkylation sites (N-methyl/N-ethyl adjacent to an activating group) is 1. The third-order valence-corrected chi connectivity index (χ3v) is 2.42. The van der Waals surface area contributed by atoms with Crippen LogP contribution in [0.4, 0.5) is 5.69 Å². The maximum atomic E-state index is 11.3. The Morgan fingerprint density at radius 2 is 2.20 bits per heavy atom. The summed E-state index contributed by atoms with van der Waals surface area (Å²) in [4.78, 5) is 21.8. The first-order chi connectivity index (χ1) is 9.58. The first-order valence-electron chi connectivity index (χ1n) is 6.45. The van der Waals surface area contributed by atoms with Gasteiger partial charge in [-0.3, -0.25) is 14.9 Å². The fourth-order valence-corrected chi connectivity index (χ4v) is 1.52.